The summed E-state index contributed by atoms with van der Waals surface area (Å²) >= 11 is 0. The van der Waals surface area contributed by atoms with Gasteiger partial charge < -0.3 is 15.0 Å². The van der Waals surface area contributed by atoms with Crippen LogP contribution >= 0.6 is 0 Å². The highest BCUT2D eigenvalue weighted by atomic mass is 19.1. The third kappa shape index (κ3) is 6.32. The molecule has 2 heterocycles. The van der Waals surface area contributed by atoms with Gasteiger partial charge in [-0.15, -0.1) is 0 Å². The first-order valence-electron chi connectivity index (χ1n) is 12.5. The molecule has 35 heavy (non-hydrogen) atoms. The number of hydrogen-bond acceptors (Lipinski definition) is 6. The van der Waals surface area contributed by atoms with Gasteiger partial charge in [0.15, 0.2) is 5.78 Å². The van der Waals surface area contributed by atoms with Crippen molar-refractivity contribution in [3.05, 3.63) is 47.3 Å². The lowest BCUT2D eigenvalue weighted by Gasteiger charge is -2.32. The van der Waals surface area contributed by atoms with Gasteiger partial charge in [0.25, 0.3) is 5.91 Å². The van der Waals surface area contributed by atoms with Crippen LogP contribution in [0.2, 0.25) is 0 Å². The molecule has 7 nitrogen and oxygen atoms in total. The highest BCUT2D eigenvalue weighted by Crippen LogP contribution is 2.26. The van der Waals surface area contributed by atoms with E-state index in [-0.39, 0.29) is 11.5 Å². The number of rotatable bonds is 9. The van der Waals surface area contributed by atoms with Gasteiger partial charge in [-0.3, -0.25) is 9.59 Å². The molecular formula is C26H32F2N4O3. The first kappa shape index (κ1) is 25.0. The van der Waals surface area contributed by atoms with Crippen LogP contribution in [-0.4, -0.2) is 47.4 Å². The van der Waals surface area contributed by atoms with Crippen LogP contribution in [0, 0.1) is 17.6 Å². The molecule has 2 fully saturated rings. The molecular weight excluding hydrogens is 454 g/mol. The number of ketones is 1. The molecule has 1 saturated heterocycles. The Morgan fingerprint density at radius 1 is 1.14 bits per heavy atom. The fraction of sp³-hybridized carbons (Fsp3) is 0.538. The maximum atomic E-state index is 14.5. The second-order valence-corrected chi connectivity index (χ2v) is 9.31. The molecule has 9 heteroatoms. The SMILES string of the molecule is CCc1cnc(N2CCC(CCCOc3cc(F)c(C(=O)NC4CCCC4=O)c(F)c3)CC2)nc1. The Labute approximate surface area is 204 Å². The van der Waals surface area contributed by atoms with Crippen molar-refractivity contribution in [2.75, 3.05) is 24.6 Å². The van der Waals surface area contributed by atoms with Crippen LogP contribution in [0.5, 0.6) is 5.75 Å². The lowest BCUT2D eigenvalue weighted by molar-refractivity contribution is -0.118. The number of anilines is 1. The van der Waals surface area contributed by atoms with E-state index in [2.05, 4.69) is 27.1 Å². The monoisotopic (exact) mass is 486 g/mol. The number of ether oxygens (including phenoxy) is 1. The van der Waals surface area contributed by atoms with E-state index in [1.807, 2.05) is 12.4 Å². The maximum Gasteiger partial charge on any atom is 0.257 e. The van der Waals surface area contributed by atoms with Crippen molar-refractivity contribution in [3.63, 3.8) is 0 Å². The Morgan fingerprint density at radius 3 is 2.43 bits per heavy atom. The molecule has 1 aromatic carbocycles. The van der Waals surface area contributed by atoms with Crippen molar-refractivity contribution in [1.29, 1.82) is 0 Å². The Balaban J connectivity index is 1.20. The van der Waals surface area contributed by atoms with Gasteiger partial charge in [0, 0.05) is 44.0 Å². The molecule has 1 saturated carbocycles. The van der Waals surface area contributed by atoms with Crippen molar-refractivity contribution in [2.45, 2.75) is 64.3 Å². The summed E-state index contributed by atoms with van der Waals surface area (Å²) in [6, 6.07) is 1.38. The van der Waals surface area contributed by atoms with Crippen LogP contribution in [0.1, 0.15) is 67.8 Å². The van der Waals surface area contributed by atoms with Crippen LogP contribution in [-0.2, 0) is 11.2 Å². The first-order chi connectivity index (χ1) is 16.9. The number of aryl methyl sites for hydroxylation is 1. The number of carbonyl (C=O) groups is 2. The van der Waals surface area contributed by atoms with Gasteiger partial charge in [0.1, 0.15) is 22.9 Å². The number of benzene rings is 1. The van der Waals surface area contributed by atoms with Gasteiger partial charge in [0.05, 0.1) is 12.6 Å². The summed E-state index contributed by atoms with van der Waals surface area (Å²) in [4.78, 5) is 35.1. The molecule has 4 rings (SSSR count). The number of aromatic nitrogens is 2. The summed E-state index contributed by atoms with van der Waals surface area (Å²) in [6.45, 7) is 4.23. The third-order valence-corrected chi connectivity index (χ3v) is 6.88. The normalized spacial score (nSPS) is 18.7. The Morgan fingerprint density at radius 2 is 1.83 bits per heavy atom. The molecule has 1 aliphatic heterocycles. The molecule has 1 amide bonds. The standard InChI is InChI=1S/C26H32F2N4O3/c1-2-17-15-29-26(30-16-17)32-10-8-18(9-11-32)5-4-12-35-19-13-20(27)24(21(28)14-19)25(34)31-22-6-3-7-23(22)33/h13-16,18,22H,2-12H2,1H3,(H,31,34). The van der Waals surface area contributed by atoms with Crippen molar-refractivity contribution >= 4 is 17.6 Å². The summed E-state index contributed by atoms with van der Waals surface area (Å²) < 4.78 is 34.5. The molecule has 1 aliphatic carbocycles. The van der Waals surface area contributed by atoms with E-state index < -0.39 is 29.1 Å². The van der Waals surface area contributed by atoms with E-state index in [9.17, 15) is 18.4 Å². The molecule has 188 valence electrons. The van der Waals surface area contributed by atoms with Crippen molar-refractivity contribution in [2.24, 2.45) is 5.92 Å². The number of Topliss-reactive ketones (excluding diaryl/α,β-unsaturated/α-hetero) is 1. The van der Waals surface area contributed by atoms with Gasteiger partial charge in [-0.2, -0.15) is 0 Å². The number of nitrogens with zero attached hydrogens (tertiary/aromatic N) is 3. The van der Waals surface area contributed by atoms with E-state index in [1.165, 1.54) is 0 Å². The van der Waals surface area contributed by atoms with E-state index in [4.69, 9.17) is 4.74 Å². The van der Waals surface area contributed by atoms with E-state index in [1.54, 1.807) is 0 Å². The topological polar surface area (TPSA) is 84.4 Å². The van der Waals surface area contributed by atoms with Crippen LogP contribution in [0.4, 0.5) is 14.7 Å². The number of carbonyl (C=O) groups excluding carboxylic acids is 2. The molecule has 1 N–H and O–H groups in total. The third-order valence-electron chi connectivity index (χ3n) is 6.88. The molecule has 2 aromatic rings. The summed E-state index contributed by atoms with van der Waals surface area (Å²) in [7, 11) is 0. The average Bonchev–Trinajstić information content (AvgIpc) is 3.26. The average molecular weight is 487 g/mol. The quantitative estimate of drug-likeness (QED) is 0.534. The number of hydrogen-bond donors (Lipinski definition) is 1. The molecule has 0 bridgehead atoms. The van der Waals surface area contributed by atoms with Crippen molar-refractivity contribution < 1.29 is 23.1 Å². The lowest BCUT2D eigenvalue weighted by atomic mass is 9.92. The van der Waals surface area contributed by atoms with Gasteiger partial charge in [-0.25, -0.2) is 18.7 Å². The van der Waals surface area contributed by atoms with Crippen molar-refractivity contribution in [3.8, 4) is 5.75 Å². The summed E-state index contributed by atoms with van der Waals surface area (Å²) in [5, 5.41) is 2.43. The van der Waals surface area contributed by atoms with Gasteiger partial charge in [0.2, 0.25) is 5.95 Å². The lowest BCUT2D eigenvalue weighted by Crippen LogP contribution is -2.38. The van der Waals surface area contributed by atoms with Crippen LogP contribution in [0.25, 0.3) is 0 Å². The minimum absolute atomic E-state index is 0.0518. The molecule has 2 aliphatic rings. The smallest absolute Gasteiger partial charge is 0.257 e. The predicted octanol–water partition coefficient (Wildman–Crippen LogP) is 4.24. The highest BCUT2D eigenvalue weighted by Gasteiger charge is 2.28. The van der Waals surface area contributed by atoms with E-state index in [0.29, 0.717) is 31.8 Å². The molecule has 0 spiro atoms. The largest absolute Gasteiger partial charge is 0.493 e. The zero-order chi connectivity index (χ0) is 24.8. The first-order valence-corrected chi connectivity index (χ1v) is 12.5. The molecule has 0 radical (unpaired) electrons. The summed E-state index contributed by atoms with van der Waals surface area (Å²) in [5.74, 6) is -1.62. The summed E-state index contributed by atoms with van der Waals surface area (Å²) in [6.07, 6.45) is 10.0. The fourth-order valence-corrected chi connectivity index (χ4v) is 4.73. The molecule has 1 atom stereocenters. The fourth-order valence-electron chi connectivity index (χ4n) is 4.73. The Bertz CT molecular complexity index is 1020. The summed E-state index contributed by atoms with van der Waals surface area (Å²) in [5.41, 5.74) is 0.444. The molecule has 1 aromatic heterocycles. The minimum Gasteiger partial charge on any atom is -0.493 e. The zero-order valence-corrected chi connectivity index (χ0v) is 20.1. The predicted molar refractivity (Wildman–Crippen MR) is 128 cm³/mol. The van der Waals surface area contributed by atoms with E-state index in [0.717, 1.165) is 68.8 Å². The zero-order valence-electron chi connectivity index (χ0n) is 20.1. The second-order valence-electron chi connectivity index (χ2n) is 9.31. The molecule has 1 unspecified atom stereocenters. The van der Waals surface area contributed by atoms with Crippen LogP contribution < -0.4 is 15.0 Å². The Kier molecular flexibility index (Phi) is 8.25. The number of piperidine rings is 1. The highest BCUT2D eigenvalue weighted by molar-refractivity contribution is 5.99. The number of nitrogens with one attached hydrogen (secondary N) is 1. The van der Waals surface area contributed by atoms with Gasteiger partial charge in [-0.05, 0) is 56.4 Å². The van der Waals surface area contributed by atoms with E-state index >= 15 is 0 Å². The van der Waals surface area contributed by atoms with Gasteiger partial charge in [-0.1, -0.05) is 6.92 Å². The second kappa shape index (κ2) is 11.6. The van der Waals surface area contributed by atoms with Crippen molar-refractivity contribution in [1.82, 2.24) is 15.3 Å². The number of halogens is 2. The Hall–Kier alpha value is -3.10. The van der Waals surface area contributed by atoms with Gasteiger partial charge >= 0.3 is 0 Å². The number of amides is 1. The van der Waals surface area contributed by atoms with Crippen LogP contribution in [0.15, 0.2) is 24.5 Å². The van der Waals surface area contributed by atoms with Crippen LogP contribution in [0.3, 0.4) is 0 Å². The minimum atomic E-state index is -0.996. The maximum absolute atomic E-state index is 14.5.